The highest BCUT2D eigenvalue weighted by atomic mass is 32.2. The summed E-state index contributed by atoms with van der Waals surface area (Å²) in [4.78, 5) is 12.3. The van der Waals surface area contributed by atoms with Gasteiger partial charge in [0.1, 0.15) is 16.9 Å². The second-order valence-electron chi connectivity index (χ2n) is 2.95. The number of thioether (sulfide) groups is 1. The lowest BCUT2D eigenvalue weighted by molar-refractivity contribution is 0.956. The van der Waals surface area contributed by atoms with E-state index in [2.05, 4.69) is 25.5 Å². The van der Waals surface area contributed by atoms with Crippen LogP contribution in [-0.4, -0.2) is 36.3 Å². The first-order chi connectivity index (χ1) is 7.79. The Labute approximate surface area is 96.9 Å². The molecule has 0 fully saturated rings. The van der Waals surface area contributed by atoms with Crippen molar-refractivity contribution < 1.29 is 0 Å². The standard InChI is InChI=1S/C7H6N6OS2/c1-15-5-3(4(14)9-10-5)6-12-13-2-8-11-7(13)16-6/h2H,1H3,(H2,9,10,14). The molecule has 82 valence electrons. The fraction of sp³-hybridized carbons (Fsp3) is 0.143. The van der Waals surface area contributed by atoms with E-state index in [1.54, 1.807) is 4.52 Å². The largest absolute Gasteiger partial charge is 0.291 e. The summed E-state index contributed by atoms with van der Waals surface area (Å²) >= 11 is 2.79. The number of aromatic nitrogens is 6. The normalized spacial score (nSPS) is 11.3. The van der Waals surface area contributed by atoms with Gasteiger partial charge in [-0.15, -0.1) is 22.0 Å². The van der Waals surface area contributed by atoms with Gasteiger partial charge in [0.2, 0.25) is 4.96 Å². The van der Waals surface area contributed by atoms with Gasteiger partial charge >= 0.3 is 0 Å². The van der Waals surface area contributed by atoms with Gasteiger partial charge in [-0.2, -0.15) is 9.61 Å². The van der Waals surface area contributed by atoms with Gasteiger partial charge in [-0.25, -0.2) is 0 Å². The van der Waals surface area contributed by atoms with E-state index in [9.17, 15) is 4.79 Å². The van der Waals surface area contributed by atoms with Crippen molar-refractivity contribution in [2.45, 2.75) is 5.03 Å². The van der Waals surface area contributed by atoms with Crippen LogP contribution >= 0.6 is 23.1 Å². The third-order valence-electron chi connectivity index (χ3n) is 2.05. The molecule has 0 aliphatic heterocycles. The maximum Gasteiger partial charge on any atom is 0.275 e. The van der Waals surface area contributed by atoms with Crippen molar-refractivity contribution in [3.63, 3.8) is 0 Å². The fourth-order valence-corrected chi connectivity index (χ4v) is 2.83. The summed E-state index contributed by atoms with van der Waals surface area (Å²) in [5.74, 6) is 0. The summed E-state index contributed by atoms with van der Waals surface area (Å²) in [5, 5.41) is 18.6. The molecular weight excluding hydrogens is 248 g/mol. The Balaban J connectivity index is 2.26. The molecule has 3 aromatic heterocycles. The predicted molar refractivity (Wildman–Crippen MR) is 60.8 cm³/mol. The van der Waals surface area contributed by atoms with Crippen LogP contribution in [0.2, 0.25) is 0 Å². The van der Waals surface area contributed by atoms with Crippen LogP contribution < -0.4 is 5.56 Å². The minimum Gasteiger partial charge on any atom is -0.291 e. The smallest absolute Gasteiger partial charge is 0.275 e. The third kappa shape index (κ3) is 1.28. The van der Waals surface area contributed by atoms with E-state index < -0.39 is 0 Å². The minimum absolute atomic E-state index is 0.172. The van der Waals surface area contributed by atoms with Crippen LogP contribution in [0.15, 0.2) is 16.1 Å². The van der Waals surface area contributed by atoms with E-state index in [4.69, 9.17) is 0 Å². The summed E-state index contributed by atoms with van der Waals surface area (Å²) in [6.07, 6.45) is 3.40. The molecule has 0 saturated carbocycles. The Morgan fingerprint density at radius 3 is 3.12 bits per heavy atom. The second kappa shape index (κ2) is 3.46. The van der Waals surface area contributed by atoms with Crippen LogP contribution in [0, 0.1) is 0 Å². The zero-order valence-corrected chi connectivity index (χ0v) is 9.72. The molecule has 3 aromatic rings. The van der Waals surface area contributed by atoms with Gasteiger partial charge in [-0.05, 0) is 6.26 Å². The number of H-pyrrole nitrogens is 2. The molecule has 0 atom stereocenters. The zero-order valence-electron chi connectivity index (χ0n) is 8.09. The van der Waals surface area contributed by atoms with E-state index >= 15 is 0 Å². The fourth-order valence-electron chi connectivity index (χ4n) is 1.35. The molecule has 2 N–H and O–H groups in total. The molecule has 0 spiro atoms. The van der Waals surface area contributed by atoms with Crippen molar-refractivity contribution in [2.75, 3.05) is 6.26 Å². The van der Waals surface area contributed by atoms with E-state index in [-0.39, 0.29) is 5.56 Å². The Morgan fingerprint density at radius 1 is 1.50 bits per heavy atom. The van der Waals surface area contributed by atoms with Crippen LogP contribution in [0.5, 0.6) is 0 Å². The monoisotopic (exact) mass is 254 g/mol. The lowest BCUT2D eigenvalue weighted by Gasteiger charge is -1.91. The quantitative estimate of drug-likeness (QED) is 0.653. The summed E-state index contributed by atoms with van der Waals surface area (Å²) in [6.45, 7) is 0. The molecule has 16 heavy (non-hydrogen) atoms. The topological polar surface area (TPSA) is 91.7 Å². The van der Waals surface area contributed by atoms with Gasteiger partial charge in [0.05, 0.1) is 0 Å². The van der Waals surface area contributed by atoms with Crippen molar-refractivity contribution in [1.82, 2.24) is 30.0 Å². The lowest BCUT2D eigenvalue weighted by Crippen LogP contribution is -2.01. The first-order valence-electron chi connectivity index (χ1n) is 4.31. The lowest BCUT2D eigenvalue weighted by atomic mass is 10.4. The number of aromatic amines is 2. The van der Waals surface area contributed by atoms with Crippen molar-refractivity contribution in [3.05, 3.63) is 16.7 Å². The van der Waals surface area contributed by atoms with Crippen LogP contribution in [0.25, 0.3) is 15.5 Å². The van der Waals surface area contributed by atoms with Gasteiger partial charge in [-0.3, -0.25) is 15.0 Å². The molecule has 7 nitrogen and oxygen atoms in total. The average molecular weight is 254 g/mol. The Morgan fingerprint density at radius 2 is 2.38 bits per heavy atom. The summed E-state index contributed by atoms with van der Waals surface area (Å²) in [5.41, 5.74) is 0.386. The van der Waals surface area contributed by atoms with E-state index in [0.717, 1.165) is 5.03 Å². The van der Waals surface area contributed by atoms with E-state index in [1.807, 2.05) is 6.26 Å². The molecule has 0 saturated heterocycles. The van der Waals surface area contributed by atoms with Gasteiger partial charge < -0.3 is 0 Å². The number of rotatable bonds is 2. The Hall–Kier alpha value is -1.61. The second-order valence-corrected chi connectivity index (χ2v) is 4.73. The number of nitrogens with one attached hydrogen (secondary N) is 2. The van der Waals surface area contributed by atoms with E-state index in [1.165, 1.54) is 29.4 Å². The van der Waals surface area contributed by atoms with Crippen molar-refractivity contribution in [1.29, 1.82) is 0 Å². The van der Waals surface area contributed by atoms with Crippen molar-refractivity contribution >= 4 is 28.1 Å². The highest BCUT2D eigenvalue weighted by Gasteiger charge is 2.16. The van der Waals surface area contributed by atoms with Crippen molar-refractivity contribution in [2.24, 2.45) is 0 Å². The molecule has 0 bridgehead atoms. The van der Waals surface area contributed by atoms with Crippen LogP contribution in [0.3, 0.4) is 0 Å². The maximum atomic E-state index is 11.6. The maximum absolute atomic E-state index is 11.6. The first kappa shape index (κ1) is 9.60. The summed E-state index contributed by atoms with van der Waals surface area (Å²) in [6, 6.07) is 0. The highest BCUT2D eigenvalue weighted by Crippen LogP contribution is 2.28. The van der Waals surface area contributed by atoms with Crippen molar-refractivity contribution in [3.8, 4) is 10.6 Å². The molecule has 3 heterocycles. The van der Waals surface area contributed by atoms with Gasteiger partial charge in [-0.1, -0.05) is 11.3 Å². The number of hydrogen-bond donors (Lipinski definition) is 2. The molecule has 0 aromatic carbocycles. The van der Waals surface area contributed by atoms with Crippen LogP contribution in [0.4, 0.5) is 0 Å². The SMILES string of the molecule is CSc1[nH][nH]c(=O)c1-c1nn2cnnc2s1. The molecule has 0 aliphatic rings. The summed E-state index contributed by atoms with van der Waals surface area (Å²) < 4.78 is 1.55. The number of fused-ring (bicyclic) bond motifs is 1. The number of hydrogen-bond acceptors (Lipinski definition) is 6. The highest BCUT2D eigenvalue weighted by molar-refractivity contribution is 7.98. The van der Waals surface area contributed by atoms with Gasteiger partial charge in [0, 0.05) is 0 Å². The number of nitrogens with zero attached hydrogens (tertiary/aromatic N) is 4. The van der Waals surface area contributed by atoms with Gasteiger partial charge in [0.15, 0.2) is 5.01 Å². The molecule has 0 unspecified atom stereocenters. The van der Waals surface area contributed by atoms with Crippen LogP contribution in [-0.2, 0) is 0 Å². The van der Waals surface area contributed by atoms with Crippen LogP contribution in [0.1, 0.15) is 0 Å². The predicted octanol–water partition coefficient (Wildman–Crippen LogP) is 0.591. The van der Waals surface area contributed by atoms with E-state index in [0.29, 0.717) is 15.5 Å². The molecule has 0 aliphatic carbocycles. The van der Waals surface area contributed by atoms with Gasteiger partial charge in [0.25, 0.3) is 5.56 Å². The molecule has 0 radical (unpaired) electrons. The Bertz CT molecular complexity index is 662. The Kier molecular flexibility index (Phi) is 2.07. The average Bonchev–Trinajstić information content (AvgIpc) is 2.89. The molecule has 9 heteroatoms. The minimum atomic E-state index is -0.172. The summed E-state index contributed by atoms with van der Waals surface area (Å²) in [7, 11) is 0. The first-order valence-corrected chi connectivity index (χ1v) is 6.35. The molecule has 0 amide bonds. The molecular formula is C7H6N6OS2. The zero-order chi connectivity index (χ0) is 11.1. The third-order valence-corrected chi connectivity index (χ3v) is 3.69. The molecule has 3 rings (SSSR count).